The van der Waals surface area contributed by atoms with Gasteiger partial charge in [-0.1, -0.05) is 32.8 Å². The quantitative estimate of drug-likeness (QED) is 0.847. The van der Waals surface area contributed by atoms with Crippen LogP contribution in [0.4, 0.5) is 0 Å². The SMILES string of the molecule is CC1(C)CCCCC1C(O)Cc1cccs1. The smallest absolute Gasteiger partial charge is 0.0621 e. The predicted octanol–water partition coefficient (Wildman–Crippen LogP) is 3.87. The number of thiophene rings is 1. The van der Waals surface area contributed by atoms with Gasteiger partial charge in [0.25, 0.3) is 0 Å². The zero-order valence-corrected chi connectivity index (χ0v) is 11.1. The van der Waals surface area contributed by atoms with Crippen LogP contribution in [-0.2, 0) is 6.42 Å². The normalized spacial score (nSPS) is 26.6. The lowest BCUT2D eigenvalue weighted by Crippen LogP contribution is -2.37. The molecule has 90 valence electrons. The molecule has 2 rings (SSSR count). The van der Waals surface area contributed by atoms with Crippen molar-refractivity contribution < 1.29 is 5.11 Å². The molecule has 1 saturated carbocycles. The van der Waals surface area contributed by atoms with E-state index in [2.05, 4.69) is 31.4 Å². The number of hydrogen-bond acceptors (Lipinski definition) is 2. The summed E-state index contributed by atoms with van der Waals surface area (Å²) in [5.41, 5.74) is 0.314. The van der Waals surface area contributed by atoms with Crippen molar-refractivity contribution in [1.82, 2.24) is 0 Å². The molecule has 2 heteroatoms. The van der Waals surface area contributed by atoms with E-state index in [0.717, 1.165) is 6.42 Å². The van der Waals surface area contributed by atoms with Gasteiger partial charge in [-0.3, -0.25) is 0 Å². The fourth-order valence-electron chi connectivity index (χ4n) is 3.01. The Bertz CT molecular complexity index is 315. The average molecular weight is 238 g/mol. The van der Waals surface area contributed by atoms with Crippen molar-refractivity contribution in [2.24, 2.45) is 11.3 Å². The summed E-state index contributed by atoms with van der Waals surface area (Å²) in [4.78, 5) is 1.31. The lowest BCUT2D eigenvalue weighted by atomic mass is 9.66. The molecule has 1 fully saturated rings. The van der Waals surface area contributed by atoms with Gasteiger partial charge in [-0.15, -0.1) is 11.3 Å². The molecular formula is C14H22OS. The van der Waals surface area contributed by atoms with Crippen molar-refractivity contribution >= 4 is 11.3 Å². The van der Waals surface area contributed by atoms with Crippen LogP contribution < -0.4 is 0 Å². The minimum atomic E-state index is -0.158. The number of hydrogen-bond donors (Lipinski definition) is 1. The highest BCUT2D eigenvalue weighted by Gasteiger charge is 2.36. The molecule has 0 aliphatic heterocycles. The van der Waals surface area contributed by atoms with E-state index in [1.54, 1.807) is 11.3 Å². The first-order valence-corrected chi connectivity index (χ1v) is 7.18. The first-order valence-electron chi connectivity index (χ1n) is 6.30. The summed E-state index contributed by atoms with van der Waals surface area (Å²) in [6.45, 7) is 4.63. The second-order valence-corrected chi connectivity index (χ2v) is 6.72. The molecule has 16 heavy (non-hydrogen) atoms. The Morgan fingerprint density at radius 1 is 1.50 bits per heavy atom. The monoisotopic (exact) mass is 238 g/mol. The van der Waals surface area contributed by atoms with E-state index >= 15 is 0 Å². The highest BCUT2D eigenvalue weighted by molar-refractivity contribution is 7.09. The number of rotatable bonds is 3. The third-order valence-electron chi connectivity index (χ3n) is 4.04. The van der Waals surface area contributed by atoms with Crippen LogP contribution in [0.25, 0.3) is 0 Å². The Hall–Kier alpha value is -0.340. The molecule has 1 aliphatic carbocycles. The molecule has 2 unspecified atom stereocenters. The van der Waals surface area contributed by atoms with Gasteiger partial charge in [0.1, 0.15) is 0 Å². The summed E-state index contributed by atoms with van der Waals surface area (Å²) < 4.78 is 0. The average Bonchev–Trinajstić information content (AvgIpc) is 2.69. The van der Waals surface area contributed by atoms with Crippen LogP contribution in [0.3, 0.4) is 0 Å². The van der Waals surface area contributed by atoms with Gasteiger partial charge in [-0.25, -0.2) is 0 Å². The van der Waals surface area contributed by atoms with Crippen LogP contribution in [0.15, 0.2) is 17.5 Å². The van der Waals surface area contributed by atoms with Crippen molar-refractivity contribution in [2.75, 3.05) is 0 Å². The topological polar surface area (TPSA) is 20.2 Å². The van der Waals surface area contributed by atoms with E-state index in [1.807, 2.05) is 0 Å². The predicted molar refractivity (Wildman–Crippen MR) is 69.8 cm³/mol. The maximum Gasteiger partial charge on any atom is 0.0621 e. The van der Waals surface area contributed by atoms with Crippen molar-refractivity contribution in [3.63, 3.8) is 0 Å². The Balaban J connectivity index is 2.00. The summed E-state index contributed by atoms with van der Waals surface area (Å²) in [5, 5.41) is 12.5. The van der Waals surface area contributed by atoms with E-state index in [9.17, 15) is 5.11 Å². The molecule has 1 N–H and O–H groups in total. The van der Waals surface area contributed by atoms with Crippen LogP contribution in [0, 0.1) is 11.3 Å². The first kappa shape index (κ1) is 12.1. The second kappa shape index (κ2) is 4.89. The van der Waals surface area contributed by atoms with Gasteiger partial charge < -0.3 is 5.11 Å². The van der Waals surface area contributed by atoms with Crippen LogP contribution in [-0.4, -0.2) is 11.2 Å². The first-order chi connectivity index (χ1) is 7.59. The Kier molecular flexibility index (Phi) is 3.70. The van der Waals surface area contributed by atoms with Gasteiger partial charge in [0.05, 0.1) is 6.10 Å². The molecule has 1 heterocycles. The molecule has 0 saturated heterocycles. The third kappa shape index (κ3) is 2.67. The Morgan fingerprint density at radius 2 is 2.31 bits per heavy atom. The Morgan fingerprint density at radius 3 is 2.94 bits per heavy atom. The molecule has 0 aromatic carbocycles. The van der Waals surface area contributed by atoms with E-state index in [4.69, 9.17) is 0 Å². The lowest BCUT2D eigenvalue weighted by Gasteiger charge is -2.41. The molecule has 0 radical (unpaired) electrons. The summed E-state index contributed by atoms with van der Waals surface area (Å²) in [6, 6.07) is 4.20. The van der Waals surface area contributed by atoms with Gasteiger partial charge in [0.2, 0.25) is 0 Å². The van der Waals surface area contributed by atoms with Crippen molar-refractivity contribution in [3.8, 4) is 0 Å². The van der Waals surface area contributed by atoms with Crippen LogP contribution >= 0.6 is 11.3 Å². The van der Waals surface area contributed by atoms with E-state index in [1.165, 1.54) is 30.6 Å². The molecule has 0 amide bonds. The maximum atomic E-state index is 10.4. The summed E-state index contributed by atoms with van der Waals surface area (Å²) in [5.74, 6) is 0.475. The molecule has 1 aromatic rings. The van der Waals surface area contributed by atoms with Crippen molar-refractivity contribution in [1.29, 1.82) is 0 Å². The van der Waals surface area contributed by atoms with Gasteiger partial charge in [0.15, 0.2) is 0 Å². The van der Waals surface area contributed by atoms with Gasteiger partial charge in [0, 0.05) is 11.3 Å². The minimum absolute atomic E-state index is 0.158. The zero-order chi connectivity index (χ0) is 11.6. The molecule has 0 spiro atoms. The van der Waals surface area contributed by atoms with Crippen LogP contribution in [0.5, 0.6) is 0 Å². The van der Waals surface area contributed by atoms with Crippen molar-refractivity contribution in [3.05, 3.63) is 22.4 Å². The molecule has 1 aromatic heterocycles. The van der Waals surface area contributed by atoms with Gasteiger partial charge >= 0.3 is 0 Å². The maximum absolute atomic E-state index is 10.4. The van der Waals surface area contributed by atoms with E-state index in [-0.39, 0.29) is 6.10 Å². The van der Waals surface area contributed by atoms with Crippen molar-refractivity contribution in [2.45, 2.75) is 52.1 Å². The lowest BCUT2D eigenvalue weighted by molar-refractivity contribution is 0.00622. The zero-order valence-electron chi connectivity index (χ0n) is 10.3. The van der Waals surface area contributed by atoms with Gasteiger partial charge in [-0.05, 0) is 35.6 Å². The van der Waals surface area contributed by atoms with E-state index < -0.39 is 0 Å². The summed E-state index contributed by atoms with van der Waals surface area (Å²) >= 11 is 1.76. The minimum Gasteiger partial charge on any atom is -0.392 e. The third-order valence-corrected chi connectivity index (χ3v) is 4.94. The molecular weight excluding hydrogens is 216 g/mol. The second-order valence-electron chi connectivity index (χ2n) is 5.69. The molecule has 0 bridgehead atoms. The highest BCUT2D eigenvalue weighted by atomic mass is 32.1. The largest absolute Gasteiger partial charge is 0.392 e. The molecule has 1 nitrogen and oxygen atoms in total. The highest BCUT2D eigenvalue weighted by Crippen LogP contribution is 2.43. The van der Waals surface area contributed by atoms with Crippen LogP contribution in [0.2, 0.25) is 0 Å². The van der Waals surface area contributed by atoms with E-state index in [0.29, 0.717) is 11.3 Å². The van der Waals surface area contributed by atoms with Gasteiger partial charge in [-0.2, -0.15) is 0 Å². The standard InChI is InChI=1S/C14H22OS/c1-14(2)8-4-3-7-12(14)13(15)10-11-6-5-9-16-11/h5-6,9,12-13,15H,3-4,7-8,10H2,1-2H3. The number of aliphatic hydroxyl groups is 1. The summed E-state index contributed by atoms with van der Waals surface area (Å²) in [6.07, 6.45) is 5.75. The van der Waals surface area contributed by atoms with Crippen LogP contribution in [0.1, 0.15) is 44.4 Å². The summed E-state index contributed by atoms with van der Waals surface area (Å²) in [7, 11) is 0. The molecule has 1 aliphatic rings. The fraction of sp³-hybridized carbons (Fsp3) is 0.714. The Labute approximate surface area is 103 Å². The number of aliphatic hydroxyl groups excluding tert-OH is 1. The molecule has 2 atom stereocenters. The fourth-order valence-corrected chi connectivity index (χ4v) is 3.77.